The Hall–Kier alpha value is -4.70. The van der Waals surface area contributed by atoms with Gasteiger partial charge >= 0.3 is 0 Å². The van der Waals surface area contributed by atoms with Gasteiger partial charge in [-0.05, 0) is 29.0 Å². The quantitative estimate of drug-likeness (QED) is 0.245. The van der Waals surface area contributed by atoms with E-state index in [4.69, 9.17) is 14.4 Å². The summed E-state index contributed by atoms with van der Waals surface area (Å²) in [6.45, 7) is 0. The van der Waals surface area contributed by atoms with E-state index in [0.29, 0.717) is 0 Å². The monoisotopic (exact) mass is 433 g/mol. The van der Waals surface area contributed by atoms with E-state index in [0.717, 1.165) is 60.6 Å². The van der Waals surface area contributed by atoms with Crippen molar-refractivity contribution in [1.29, 1.82) is 0 Å². The van der Waals surface area contributed by atoms with E-state index in [1.165, 1.54) is 21.5 Å². The fraction of sp³-hybridized carbons (Fsp3) is 0. The second-order valence-electron chi connectivity index (χ2n) is 8.99. The highest BCUT2D eigenvalue weighted by atomic mass is 16.3. The maximum Gasteiger partial charge on any atom is 0.165 e. The van der Waals surface area contributed by atoms with Crippen molar-refractivity contribution in [1.82, 2.24) is 14.4 Å². The van der Waals surface area contributed by atoms with E-state index < -0.39 is 0 Å². The molecule has 0 amide bonds. The van der Waals surface area contributed by atoms with Crippen LogP contribution in [-0.4, -0.2) is 14.4 Å². The van der Waals surface area contributed by atoms with Gasteiger partial charge in [0.1, 0.15) is 11.1 Å². The number of aromatic nitrogens is 3. The summed E-state index contributed by atoms with van der Waals surface area (Å²) in [5, 5.41) is 8.27. The third-order valence-electron chi connectivity index (χ3n) is 7.28. The Labute approximate surface area is 192 Å². The lowest BCUT2D eigenvalue weighted by Gasteiger charge is -2.05. The minimum atomic E-state index is 0.872. The molecule has 0 fully saturated rings. The summed E-state index contributed by atoms with van der Waals surface area (Å²) in [5.74, 6) is 0. The van der Waals surface area contributed by atoms with Crippen molar-refractivity contribution in [2.75, 3.05) is 0 Å². The van der Waals surface area contributed by atoms with Crippen LogP contribution in [0.4, 0.5) is 0 Å². The summed E-state index contributed by atoms with van der Waals surface area (Å²) in [5.41, 5.74) is 7.63. The summed E-state index contributed by atoms with van der Waals surface area (Å²) < 4.78 is 8.89. The van der Waals surface area contributed by atoms with Crippen molar-refractivity contribution in [3.63, 3.8) is 0 Å². The highest BCUT2D eigenvalue weighted by Gasteiger charge is 2.25. The molecule has 4 nitrogen and oxygen atoms in total. The molecule has 0 spiro atoms. The molecule has 34 heavy (non-hydrogen) atoms. The largest absolute Gasteiger partial charge is 0.454 e. The molecule has 4 aromatic heterocycles. The minimum absolute atomic E-state index is 0.872. The van der Waals surface area contributed by atoms with Gasteiger partial charge in [-0.1, -0.05) is 72.8 Å². The molecule has 0 saturated carbocycles. The fourth-order valence-electron chi connectivity index (χ4n) is 5.95. The SMILES string of the molecule is c1ccc2nc3c(nc2c1)c1cccc2c4c5ccccc5c5c6ccccc6oc5c4n3c12. The van der Waals surface area contributed by atoms with Crippen molar-refractivity contribution in [3.05, 3.63) is 91.0 Å². The Morgan fingerprint density at radius 1 is 0.529 bits per heavy atom. The number of nitrogens with zero attached hydrogens (tertiary/aromatic N) is 3. The maximum atomic E-state index is 6.60. The Bertz CT molecular complexity index is 2290. The number of hydrogen-bond acceptors (Lipinski definition) is 3. The van der Waals surface area contributed by atoms with Gasteiger partial charge in [0.2, 0.25) is 0 Å². The van der Waals surface area contributed by atoms with Crippen molar-refractivity contribution in [3.8, 4) is 0 Å². The molecule has 4 heteroatoms. The molecular weight excluding hydrogens is 418 g/mol. The molecule has 9 aromatic rings. The molecule has 156 valence electrons. The van der Waals surface area contributed by atoms with Crippen molar-refractivity contribution in [2.45, 2.75) is 0 Å². The molecule has 0 saturated heterocycles. The zero-order valence-corrected chi connectivity index (χ0v) is 17.9. The Balaban J connectivity index is 1.71. The topological polar surface area (TPSA) is 43.3 Å². The third kappa shape index (κ3) is 1.80. The zero-order valence-electron chi connectivity index (χ0n) is 17.9. The zero-order chi connectivity index (χ0) is 22.0. The molecule has 9 rings (SSSR count). The summed E-state index contributed by atoms with van der Waals surface area (Å²) in [6, 6.07) is 31.6. The van der Waals surface area contributed by atoms with Crippen LogP contribution < -0.4 is 0 Å². The number of hydrogen-bond donors (Lipinski definition) is 0. The van der Waals surface area contributed by atoms with E-state index >= 15 is 0 Å². The van der Waals surface area contributed by atoms with E-state index in [-0.39, 0.29) is 0 Å². The highest BCUT2D eigenvalue weighted by molar-refractivity contribution is 6.37. The van der Waals surface area contributed by atoms with Gasteiger partial charge in [0.25, 0.3) is 0 Å². The average Bonchev–Trinajstić information content (AvgIpc) is 3.54. The lowest BCUT2D eigenvalue weighted by molar-refractivity contribution is 0.671. The summed E-state index contributed by atoms with van der Waals surface area (Å²) in [4.78, 5) is 10.2. The second kappa shape index (κ2) is 5.61. The van der Waals surface area contributed by atoms with Gasteiger partial charge in [0.15, 0.2) is 11.2 Å². The fourth-order valence-corrected chi connectivity index (χ4v) is 5.95. The van der Waals surface area contributed by atoms with E-state index in [9.17, 15) is 0 Å². The standard InChI is InChI=1S/C30H15N3O/c1-2-9-17-16(8-1)24-19-11-7-12-20-26-30(32-22-14-5-4-13-21(22)31-26)33(27(19)20)28(24)29-25(17)18-10-3-6-15-23(18)34-29/h1-15H. The van der Waals surface area contributed by atoms with Crippen LogP contribution in [0.15, 0.2) is 95.4 Å². The predicted molar refractivity (Wildman–Crippen MR) is 139 cm³/mol. The first-order valence-corrected chi connectivity index (χ1v) is 11.4. The Morgan fingerprint density at radius 3 is 2.03 bits per heavy atom. The number of fused-ring (bicyclic) bond motifs is 14. The molecular formula is C30H15N3O. The lowest BCUT2D eigenvalue weighted by atomic mass is 9.98. The molecule has 0 aliphatic heterocycles. The van der Waals surface area contributed by atoms with Crippen LogP contribution in [0.2, 0.25) is 0 Å². The minimum Gasteiger partial charge on any atom is -0.454 e. The van der Waals surface area contributed by atoms with Crippen LogP contribution in [0.3, 0.4) is 0 Å². The Morgan fingerprint density at radius 2 is 1.18 bits per heavy atom. The number of furan rings is 1. The molecule has 0 aliphatic rings. The van der Waals surface area contributed by atoms with Gasteiger partial charge in [0.05, 0.1) is 22.1 Å². The molecule has 0 unspecified atom stereocenters. The highest BCUT2D eigenvalue weighted by Crippen LogP contribution is 2.47. The molecule has 0 bridgehead atoms. The van der Waals surface area contributed by atoms with Gasteiger partial charge in [-0.25, -0.2) is 9.97 Å². The van der Waals surface area contributed by atoms with Gasteiger partial charge < -0.3 is 4.42 Å². The third-order valence-corrected chi connectivity index (χ3v) is 7.28. The number of benzene rings is 5. The summed E-state index contributed by atoms with van der Waals surface area (Å²) >= 11 is 0. The Kier molecular flexibility index (Phi) is 2.78. The van der Waals surface area contributed by atoms with E-state index in [2.05, 4.69) is 65.1 Å². The van der Waals surface area contributed by atoms with Crippen LogP contribution in [0.25, 0.3) is 82.1 Å². The summed E-state index contributed by atoms with van der Waals surface area (Å²) in [7, 11) is 0. The van der Waals surface area contributed by atoms with Gasteiger partial charge in [-0.3, -0.25) is 4.40 Å². The van der Waals surface area contributed by atoms with Crippen LogP contribution in [0, 0.1) is 0 Å². The summed E-state index contributed by atoms with van der Waals surface area (Å²) in [6.07, 6.45) is 0. The predicted octanol–water partition coefficient (Wildman–Crippen LogP) is 7.83. The first-order valence-electron chi connectivity index (χ1n) is 11.4. The van der Waals surface area contributed by atoms with E-state index in [1.807, 2.05) is 30.3 Å². The van der Waals surface area contributed by atoms with Gasteiger partial charge in [0, 0.05) is 26.9 Å². The second-order valence-corrected chi connectivity index (χ2v) is 8.99. The lowest BCUT2D eigenvalue weighted by Crippen LogP contribution is -1.89. The van der Waals surface area contributed by atoms with Crippen LogP contribution in [0.5, 0.6) is 0 Å². The van der Waals surface area contributed by atoms with Crippen molar-refractivity contribution < 1.29 is 4.42 Å². The van der Waals surface area contributed by atoms with Gasteiger partial charge in [-0.2, -0.15) is 0 Å². The van der Waals surface area contributed by atoms with Gasteiger partial charge in [-0.15, -0.1) is 0 Å². The number of rotatable bonds is 0. The van der Waals surface area contributed by atoms with Crippen LogP contribution >= 0.6 is 0 Å². The number of para-hydroxylation sites is 4. The van der Waals surface area contributed by atoms with Crippen LogP contribution in [-0.2, 0) is 0 Å². The molecule has 5 aromatic carbocycles. The smallest absolute Gasteiger partial charge is 0.165 e. The molecule has 0 aliphatic carbocycles. The average molecular weight is 433 g/mol. The van der Waals surface area contributed by atoms with Crippen molar-refractivity contribution >= 4 is 82.1 Å². The first kappa shape index (κ1) is 16.9. The molecule has 4 heterocycles. The van der Waals surface area contributed by atoms with Crippen molar-refractivity contribution in [2.24, 2.45) is 0 Å². The normalized spacial score (nSPS) is 12.7. The maximum absolute atomic E-state index is 6.60. The molecule has 0 radical (unpaired) electrons. The van der Waals surface area contributed by atoms with Crippen LogP contribution in [0.1, 0.15) is 0 Å². The molecule has 0 N–H and O–H groups in total. The van der Waals surface area contributed by atoms with E-state index in [1.54, 1.807) is 0 Å². The molecule has 0 atom stereocenters. The first-order chi connectivity index (χ1) is 16.9.